The normalized spacial score (nSPS) is 21.1. The average molecular weight is 301 g/mol. The molecule has 0 radical (unpaired) electrons. The van der Waals surface area contributed by atoms with Gasteiger partial charge in [0.25, 0.3) is 5.91 Å². The predicted molar refractivity (Wildman–Crippen MR) is 79.6 cm³/mol. The van der Waals surface area contributed by atoms with Gasteiger partial charge >= 0.3 is 0 Å². The van der Waals surface area contributed by atoms with Crippen molar-refractivity contribution >= 4 is 18.3 Å². The molecule has 0 saturated carbocycles. The van der Waals surface area contributed by atoms with E-state index in [-0.39, 0.29) is 30.3 Å². The maximum atomic E-state index is 12.0. The van der Waals surface area contributed by atoms with E-state index in [2.05, 4.69) is 10.6 Å². The first-order valence-corrected chi connectivity index (χ1v) is 6.60. The maximum Gasteiger partial charge on any atom is 0.251 e. The zero-order chi connectivity index (χ0) is 13.7. The van der Waals surface area contributed by atoms with E-state index in [9.17, 15) is 9.90 Å². The molecule has 2 rings (SSSR count). The fraction of sp³-hybridized carbons (Fsp3) is 0.500. The Hall–Kier alpha value is -1.30. The summed E-state index contributed by atoms with van der Waals surface area (Å²) in [6, 6.07) is 7.10. The smallest absolute Gasteiger partial charge is 0.251 e. The first-order valence-electron chi connectivity index (χ1n) is 6.60. The van der Waals surface area contributed by atoms with Crippen LogP contribution in [0, 0.1) is 5.92 Å². The Bertz CT molecular complexity index is 442. The van der Waals surface area contributed by atoms with Crippen LogP contribution >= 0.6 is 12.4 Å². The molecule has 0 bridgehead atoms. The molecule has 0 spiro atoms. The average Bonchev–Trinajstić information content (AvgIpc) is 2.82. The third-order valence-electron chi connectivity index (χ3n) is 3.24. The molecular formula is C14H21ClN2O3. The first kappa shape index (κ1) is 16.8. The number of nitrogens with one attached hydrogen (secondary N) is 2. The molecule has 1 saturated heterocycles. The molecule has 1 aliphatic rings. The number of carbonyl (C=O) groups excluding carboxylic acids is 1. The van der Waals surface area contributed by atoms with Crippen LogP contribution in [-0.4, -0.2) is 43.4 Å². The van der Waals surface area contributed by atoms with E-state index in [0.29, 0.717) is 31.0 Å². The SMILES string of the molecule is CCOc1cccc(C(=O)NCC2CNCC2O)c1.Cl. The van der Waals surface area contributed by atoms with Gasteiger partial charge in [-0.3, -0.25) is 4.79 Å². The van der Waals surface area contributed by atoms with Crippen molar-refractivity contribution in [2.75, 3.05) is 26.2 Å². The van der Waals surface area contributed by atoms with E-state index in [0.717, 1.165) is 6.54 Å². The highest BCUT2D eigenvalue weighted by atomic mass is 35.5. The van der Waals surface area contributed by atoms with E-state index in [4.69, 9.17) is 4.74 Å². The monoisotopic (exact) mass is 300 g/mol. The lowest BCUT2D eigenvalue weighted by Gasteiger charge is -2.14. The van der Waals surface area contributed by atoms with E-state index in [1.807, 2.05) is 13.0 Å². The second-order valence-electron chi connectivity index (χ2n) is 4.66. The number of amides is 1. The minimum atomic E-state index is -0.380. The summed E-state index contributed by atoms with van der Waals surface area (Å²) in [4.78, 5) is 12.0. The van der Waals surface area contributed by atoms with Gasteiger partial charge in [0, 0.05) is 31.1 Å². The molecule has 1 fully saturated rings. The largest absolute Gasteiger partial charge is 0.494 e. The predicted octanol–water partition coefficient (Wildman–Crippen LogP) is 0.817. The van der Waals surface area contributed by atoms with Gasteiger partial charge in [-0.2, -0.15) is 0 Å². The zero-order valence-corrected chi connectivity index (χ0v) is 12.3. The molecule has 1 amide bonds. The van der Waals surface area contributed by atoms with Crippen LogP contribution in [0.1, 0.15) is 17.3 Å². The number of carbonyl (C=O) groups is 1. The van der Waals surface area contributed by atoms with Crippen molar-refractivity contribution in [3.05, 3.63) is 29.8 Å². The Morgan fingerprint density at radius 3 is 2.95 bits per heavy atom. The molecular weight excluding hydrogens is 280 g/mol. The van der Waals surface area contributed by atoms with Crippen LogP contribution in [0.3, 0.4) is 0 Å². The van der Waals surface area contributed by atoms with Gasteiger partial charge in [-0.15, -0.1) is 12.4 Å². The third kappa shape index (κ3) is 4.37. The summed E-state index contributed by atoms with van der Waals surface area (Å²) in [7, 11) is 0. The molecule has 2 atom stereocenters. The molecule has 6 heteroatoms. The van der Waals surface area contributed by atoms with Gasteiger partial charge in [-0.05, 0) is 25.1 Å². The van der Waals surface area contributed by atoms with Crippen molar-refractivity contribution in [1.82, 2.24) is 10.6 Å². The summed E-state index contributed by atoms with van der Waals surface area (Å²) in [6.07, 6.45) is -0.380. The van der Waals surface area contributed by atoms with Crippen molar-refractivity contribution in [3.8, 4) is 5.75 Å². The van der Waals surface area contributed by atoms with Crippen molar-refractivity contribution < 1.29 is 14.6 Å². The fourth-order valence-electron chi connectivity index (χ4n) is 2.15. The topological polar surface area (TPSA) is 70.6 Å². The zero-order valence-electron chi connectivity index (χ0n) is 11.5. The Balaban J connectivity index is 0.00000200. The van der Waals surface area contributed by atoms with Crippen LogP contribution in [0.25, 0.3) is 0 Å². The van der Waals surface area contributed by atoms with Gasteiger partial charge in [-0.1, -0.05) is 6.07 Å². The Morgan fingerprint density at radius 1 is 1.50 bits per heavy atom. The van der Waals surface area contributed by atoms with Gasteiger partial charge in [0.15, 0.2) is 0 Å². The molecule has 112 valence electrons. The number of hydrogen-bond acceptors (Lipinski definition) is 4. The van der Waals surface area contributed by atoms with Crippen LogP contribution < -0.4 is 15.4 Å². The van der Waals surface area contributed by atoms with Crippen LogP contribution in [0.15, 0.2) is 24.3 Å². The number of hydrogen-bond donors (Lipinski definition) is 3. The van der Waals surface area contributed by atoms with Crippen molar-refractivity contribution in [2.45, 2.75) is 13.0 Å². The van der Waals surface area contributed by atoms with Crippen LogP contribution in [0.4, 0.5) is 0 Å². The summed E-state index contributed by atoms with van der Waals surface area (Å²) in [5.74, 6) is 0.636. The molecule has 0 aromatic heterocycles. The summed E-state index contributed by atoms with van der Waals surface area (Å²) in [5.41, 5.74) is 0.575. The molecule has 1 heterocycles. The Morgan fingerprint density at radius 2 is 2.30 bits per heavy atom. The summed E-state index contributed by atoms with van der Waals surface area (Å²) >= 11 is 0. The number of ether oxygens (including phenoxy) is 1. The van der Waals surface area contributed by atoms with Crippen LogP contribution in [0.2, 0.25) is 0 Å². The lowest BCUT2D eigenvalue weighted by molar-refractivity contribution is 0.0926. The molecule has 2 unspecified atom stereocenters. The Labute approximate surface area is 125 Å². The lowest BCUT2D eigenvalue weighted by atomic mass is 10.1. The summed E-state index contributed by atoms with van der Waals surface area (Å²) in [6.45, 7) is 4.29. The number of β-amino-alcohol motifs (C(OH)–C–C–N with tert-alkyl or cyclic N) is 1. The number of aliphatic hydroxyl groups is 1. The van der Waals surface area contributed by atoms with Crippen molar-refractivity contribution in [1.29, 1.82) is 0 Å². The highest BCUT2D eigenvalue weighted by Gasteiger charge is 2.25. The van der Waals surface area contributed by atoms with Gasteiger partial charge in [0.1, 0.15) is 5.75 Å². The molecule has 1 aromatic rings. The highest BCUT2D eigenvalue weighted by Crippen LogP contribution is 2.13. The quantitative estimate of drug-likeness (QED) is 0.753. The van der Waals surface area contributed by atoms with E-state index in [1.165, 1.54) is 0 Å². The van der Waals surface area contributed by atoms with Gasteiger partial charge in [0.05, 0.1) is 12.7 Å². The molecule has 20 heavy (non-hydrogen) atoms. The highest BCUT2D eigenvalue weighted by molar-refractivity contribution is 5.94. The van der Waals surface area contributed by atoms with E-state index in [1.54, 1.807) is 18.2 Å². The number of halogens is 1. The number of benzene rings is 1. The molecule has 1 aromatic carbocycles. The van der Waals surface area contributed by atoms with Gasteiger partial charge < -0.3 is 20.5 Å². The molecule has 5 nitrogen and oxygen atoms in total. The fourth-order valence-corrected chi connectivity index (χ4v) is 2.15. The number of aliphatic hydroxyl groups excluding tert-OH is 1. The summed E-state index contributed by atoms with van der Waals surface area (Å²) < 4.78 is 5.36. The minimum Gasteiger partial charge on any atom is -0.494 e. The van der Waals surface area contributed by atoms with Gasteiger partial charge in [0.2, 0.25) is 0 Å². The second-order valence-corrected chi connectivity index (χ2v) is 4.66. The Kier molecular flexibility index (Phi) is 6.78. The lowest BCUT2D eigenvalue weighted by Crippen LogP contribution is -2.34. The van der Waals surface area contributed by atoms with Gasteiger partial charge in [-0.25, -0.2) is 0 Å². The van der Waals surface area contributed by atoms with E-state index < -0.39 is 0 Å². The van der Waals surface area contributed by atoms with Crippen molar-refractivity contribution in [2.24, 2.45) is 5.92 Å². The second kappa shape index (κ2) is 8.09. The molecule has 0 aliphatic carbocycles. The molecule has 3 N–H and O–H groups in total. The minimum absolute atomic E-state index is 0. The molecule has 1 aliphatic heterocycles. The maximum absolute atomic E-state index is 12.0. The van der Waals surface area contributed by atoms with E-state index >= 15 is 0 Å². The van der Waals surface area contributed by atoms with Crippen LogP contribution in [0.5, 0.6) is 5.75 Å². The third-order valence-corrected chi connectivity index (χ3v) is 3.24. The standard InChI is InChI=1S/C14H20N2O3.ClH/c1-2-19-12-5-3-4-10(6-12)14(18)16-8-11-7-15-9-13(11)17;/h3-6,11,13,15,17H,2,7-9H2,1H3,(H,16,18);1H. The van der Waals surface area contributed by atoms with Crippen LogP contribution in [-0.2, 0) is 0 Å². The van der Waals surface area contributed by atoms with Crippen molar-refractivity contribution in [3.63, 3.8) is 0 Å². The first-order chi connectivity index (χ1) is 9.20. The number of rotatable bonds is 5. The summed E-state index contributed by atoms with van der Waals surface area (Å²) in [5, 5.41) is 15.6.